The molecule has 17 heavy (non-hydrogen) atoms. The summed E-state index contributed by atoms with van der Waals surface area (Å²) in [7, 11) is 0. The second kappa shape index (κ2) is 7.82. The molecule has 0 saturated carbocycles. The van der Waals surface area contributed by atoms with Crippen LogP contribution in [0.1, 0.15) is 30.1 Å². The lowest BCUT2D eigenvalue weighted by atomic mass is 10.1. The number of hydrogen-bond acceptors (Lipinski definition) is 2. The van der Waals surface area contributed by atoms with Crippen molar-refractivity contribution in [1.29, 1.82) is 0 Å². The van der Waals surface area contributed by atoms with E-state index >= 15 is 0 Å². The molecule has 1 unspecified atom stereocenters. The van der Waals surface area contributed by atoms with Gasteiger partial charge in [0.2, 0.25) is 0 Å². The highest BCUT2D eigenvalue weighted by Crippen LogP contribution is 2.10. The number of pyridine rings is 1. The number of nitrogens with one attached hydrogen (secondary N) is 1. The van der Waals surface area contributed by atoms with Crippen molar-refractivity contribution < 1.29 is 4.79 Å². The molecule has 0 bridgehead atoms. The Bertz CT molecular complexity index is 371. The van der Waals surface area contributed by atoms with Crippen LogP contribution in [-0.4, -0.2) is 22.8 Å². The molecule has 0 aliphatic rings. The second-order valence-corrected chi connectivity index (χ2v) is 5.61. The largest absolute Gasteiger partial charge is 0.352 e. The Hall–Kier alpha value is -0.420. The van der Waals surface area contributed by atoms with Crippen LogP contribution in [0, 0.1) is 5.92 Å². The number of nitrogens with zero attached hydrogens (tertiary/aromatic N) is 1. The Morgan fingerprint density at radius 1 is 1.53 bits per heavy atom. The molecule has 0 saturated heterocycles. The zero-order valence-corrected chi connectivity index (χ0v) is 12.9. The molecular formula is C12H16Br2N2O. The van der Waals surface area contributed by atoms with Gasteiger partial charge >= 0.3 is 0 Å². The molecule has 1 rings (SSSR count). The van der Waals surface area contributed by atoms with Gasteiger partial charge in [0.15, 0.2) is 0 Å². The maximum absolute atomic E-state index is 11.7. The van der Waals surface area contributed by atoms with Crippen LogP contribution in [0.4, 0.5) is 0 Å². The monoisotopic (exact) mass is 362 g/mol. The predicted octanol–water partition coefficient (Wildman–Crippen LogP) is 3.39. The Labute approximate surface area is 119 Å². The minimum atomic E-state index is -0.0645. The van der Waals surface area contributed by atoms with E-state index in [2.05, 4.69) is 49.1 Å². The van der Waals surface area contributed by atoms with Crippen molar-refractivity contribution in [2.24, 2.45) is 5.92 Å². The summed E-state index contributed by atoms with van der Waals surface area (Å²) < 4.78 is 0.818. The highest BCUT2D eigenvalue weighted by molar-refractivity contribution is 9.10. The number of aromatic nitrogens is 1. The third kappa shape index (κ3) is 5.64. The minimum Gasteiger partial charge on any atom is -0.352 e. The van der Waals surface area contributed by atoms with Crippen molar-refractivity contribution in [2.45, 2.75) is 19.8 Å². The zero-order valence-electron chi connectivity index (χ0n) is 9.75. The van der Waals surface area contributed by atoms with Crippen LogP contribution in [0.15, 0.2) is 22.9 Å². The van der Waals surface area contributed by atoms with Gasteiger partial charge in [0.1, 0.15) is 0 Å². The third-order valence-electron chi connectivity index (χ3n) is 2.39. The first-order valence-electron chi connectivity index (χ1n) is 5.58. The van der Waals surface area contributed by atoms with Crippen LogP contribution in [0.3, 0.4) is 0 Å². The lowest BCUT2D eigenvalue weighted by Gasteiger charge is -2.08. The van der Waals surface area contributed by atoms with E-state index in [1.807, 2.05) is 0 Å². The molecule has 0 aromatic carbocycles. The van der Waals surface area contributed by atoms with E-state index in [9.17, 15) is 4.79 Å². The second-order valence-electron chi connectivity index (χ2n) is 4.05. The van der Waals surface area contributed by atoms with E-state index in [1.165, 1.54) is 0 Å². The smallest absolute Gasteiger partial charge is 0.252 e. The van der Waals surface area contributed by atoms with Gasteiger partial charge in [-0.05, 0) is 40.8 Å². The highest BCUT2D eigenvalue weighted by atomic mass is 79.9. The first-order chi connectivity index (χ1) is 8.13. The van der Waals surface area contributed by atoms with Gasteiger partial charge in [-0.15, -0.1) is 0 Å². The molecule has 0 radical (unpaired) electrons. The van der Waals surface area contributed by atoms with Crippen molar-refractivity contribution in [3.8, 4) is 0 Å². The molecule has 1 aromatic rings. The average molecular weight is 364 g/mol. The van der Waals surface area contributed by atoms with E-state index in [0.29, 0.717) is 18.0 Å². The summed E-state index contributed by atoms with van der Waals surface area (Å²) in [6.45, 7) is 2.90. The summed E-state index contributed by atoms with van der Waals surface area (Å²) in [6, 6.07) is 1.77. The highest BCUT2D eigenvalue weighted by Gasteiger charge is 2.06. The molecule has 1 amide bonds. The quantitative estimate of drug-likeness (QED) is 0.621. The summed E-state index contributed by atoms with van der Waals surface area (Å²) >= 11 is 6.73. The molecule has 0 fully saturated rings. The van der Waals surface area contributed by atoms with Crippen molar-refractivity contribution in [2.75, 3.05) is 11.9 Å². The summed E-state index contributed by atoms with van der Waals surface area (Å²) in [5, 5.41) is 3.90. The van der Waals surface area contributed by atoms with Crippen molar-refractivity contribution in [1.82, 2.24) is 10.3 Å². The fourth-order valence-corrected chi connectivity index (χ4v) is 2.06. The molecule has 94 valence electrons. The molecule has 1 aromatic heterocycles. The van der Waals surface area contributed by atoms with Crippen LogP contribution in [-0.2, 0) is 0 Å². The topological polar surface area (TPSA) is 42.0 Å². The maximum atomic E-state index is 11.7. The van der Waals surface area contributed by atoms with Crippen molar-refractivity contribution >= 4 is 37.8 Å². The number of rotatable bonds is 6. The number of hydrogen-bond donors (Lipinski definition) is 1. The van der Waals surface area contributed by atoms with Crippen LogP contribution < -0.4 is 5.32 Å². The first kappa shape index (κ1) is 14.6. The fourth-order valence-electron chi connectivity index (χ4n) is 1.37. The van der Waals surface area contributed by atoms with E-state index in [4.69, 9.17) is 0 Å². The third-order valence-corrected chi connectivity index (χ3v) is 3.93. The van der Waals surface area contributed by atoms with Crippen LogP contribution >= 0.6 is 31.9 Å². The lowest BCUT2D eigenvalue weighted by molar-refractivity contribution is 0.0952. The van der Waals surface area contributed by atoms with Crippen LogP contribution in [0.25, 0.3) is 0 Å². The van der Waals surface area contributed by atoms with Gasteiger partial charge in [-0.3, -0.25) is 9.78 Å². The first-order valence-corrected chi connectivity index (χ1v) is 7.49. The van der Waals surface area contributed by atoms with E-state index < -0.39 is 0 Å². The fraction of sp³-hybridized carbons (Fsp3) is 0.500. The molecule has 1 atom stereocenters. The Balaban J connectivity index is 2.30. The van der Waals surface area contributed by atoms with Gasteiger partial charge in [0.05, 0.1) is 5.56 Å². The summed E-state index contributed by atoms with van der Waals surface area (Å²) in [6.07, 6.45) is 5.35. The SMILES string of the molecule is CC(CBr)CCCNC(=O)c1cncc(Br)c1. The Kier molecular flexibility index (Phi) is 6.73. The molecular weight excluding hydrogens is 348 g/mol. The summed E-state index contributed by atoms with van der Waals surface area (Å²) in [5.41, 5.74) is 0.591. The lowest BCUT2D eigenvalue weighted by Crippen LogP contribution is -2.24. The van der Waals surface area contributed by atoms with Crippen LogP contribution in [0.2, 0.25) is 0 Å². The average Bonchev–Trinajstić information content (AvgIpc) is 2.34. The van der Waals surface area contributed by atoms with Crippen LogP contribution in [0.5, 0.6) is 0 Å². The molecule has 0 aliphatic heterocycles. The van der Waals surface area contributed by atoms with E-state index in [1.54, 1.807) is 18.5 Å². The van der Waals surface area contributed by atoms with Gasteiger partial charge in [-0.1, -0.05) is 22.9 Å². The number of carbonyl (C=O) groups excluding carboxylic acids is 1. The Morgan fingerprint density at radius 2 is 2.29 bits per heavy atom. The van der Waals surface area contributed by atoms with Gasteiger partial charge in [0.25, 0.3) is 5.91 Å². The number of carbonyl (C=O) groups is 1. The normalized spacial score (nSPS) is 12.2. The van der Waals surface area contributed by atoms with Gasteiger partial charge in [-0.25, -0.2) is 0 Å². The predicted molar refractivity (Wildman–Crippen MR) is 76.5 cm³/mol. The van der Waals surface area contributed by atoms with Crippen molar-refractivity contribution in [3.63, 3.8) is 0 Å². The van der Waals surface area contributed by atoms with Crippen molar-refractivity contribution in [3.05, 3.63) is 28.5 Å². The van der Waals surface area contributed by atoms with Gasteiger partial charge in [0, 0.05) is 28.7 Å². The number of halogens is 2. The van der Waals surface area contributed by atoms with Gasteiger partial charge < -0.3 is 5.32 Å². The molecule has 0 spiro atoms. The minimum absolute atomic E-state index is 0.0645. The molecule has 3 nitrogen and oxygen atoms in total. The number of amides is 1. The molecule has 1 heterocycles. The summed E-state index contributed by atoms with van der Waals surface area (Å²) in [5.74, 6) is 0.588. The Morgan fingerprint density at radius 3 is 2.94 bits per heavy atom. The molecule has 0 aliphatic carbocycles. The van der Waals surface area contributed by atoms with Gasteiger partial charge in [-0.2, -0.15) is 0 Å². The number of alkyl halides is 1. The maximum Gasteiger partial charge on any atom is 0.252 e. The van der Waals surface area contributed by atoms with E-state index in [-0.39, 0.29) is 5.91 Å². The standard InChI is InChI=1S/C12H16Br2N2O/c1-9(6-13)3-2-4-16-12(17)10-5-11(14)8-15-7-10/h5,7-9H,2-4,6H2,1H3,(H,16,17). The van der Waals surface area contributed by atoms with E-state index in [0.717, 1.165) is 22.6 Å². The molecule has 1 N–H and O–H groups in total. The summed E-state index contributed by atoms with van der Waals surface area (Å²) in [4.78, 5) is 15.7. The molecule has 5 heteroatoms. The zero-order chi connectivity index (χ0) is 12.7.